The minimum Gasteiger partial charge on any atom is -0.340 e. The Bertz CT molecular complexity index is 726. The van der Waals surface area contributed by atoms with Gasteiger partial charge in [0.1, 0.15) is 0 Å². The van der Waals surface area contributed by atoms with E-state index in [-0.39, 0.29) is 29.8 Å². The molecule has 2 rings (SSSR count). The van der Waals surface area contributed by atoms with Gasteiger partial charge in [-0.15, -0.1) is 0 Å². The SMILES string of the molecule is CCC(C)C(=O)N1CCN(S(=O)(=O)c2ccccc2[N+](=O)[O-])CC1. The highest BCUT2D eigenvalue weighted by Crippen LogP contribution is 2.27. The second kappa shape index (κ2) is 7.27. The van der Waals surface area contributed by atoms with Crippen molar-refractivity contribution in [3.8, 4) is 0 Å². The summed E-state index contributed by atoms with van der Waals surface area (Å²) in [5.41, 5.74) is -0.435. The molecule has 0 radical (unpaired) electrons. The molecular formula is C15H21N3O5S. The standard InChI is InChI=1S/C15H21N3O5S/c1-3-12(2)15(19)16-8-10-17(11-9-16)24(22,23)14-7-5-4-6-13(14)18(20)21/h4-7,12H,3,8-11H2,1-2H3. The predicted octanol–water partition coefficient (Wildman–Crippen LogP) is 1.47. The van der Waals surface area contributed by atoms with Gasteiger partial charge in [-0.3, -0.25) is 14.9 Å². The van der Waals surface area contributed by atoms with E-state index in [0.29, 0.717) is 13.1 Å². The van der Waals surface area contributed by atoms with Gasteiger partial charge in [-0.05, 0) is 12.5 Å². The number of carbonyl (C=O) groups is 1. The monoisotopic (exact) mass is 355 g/mol. The summed E-state index contributed by atoms with van der Waals surface area (Å²) >= 11 is 0. The van der Waals surface area contributed by atoms with Crippen LogP contribution >= 0.6 is 0 Å². The summed E-state index contributed by atoms with van der Waals surface area (Å²) in [5, 5.41) is 11.1. The van der Waals surface area contributed by atoms with Gasteiger partial charge in [0, 0.05) is 38.2 Å². The molecule has 8 nitrogen and oxygen atoms in total. The van der Waals surface area contributed by atoms with Gasteiger partial charge in [0.15, 0.2) is 4.90 Å². The number of carbonyl (C=O) groups excluding carboxylic acids is 1. The smallest absolute Gasteiger partial charge is 0.289 e. The second-order valence-corrected chi connectivity index (χ2v) is 7.67. The molecule has 9 heteroatoms. The summed E-state index contributed by atoms with van der Waals surface area (Å²) in [6.45, 7) is 4.63. The molecule has 1 heterocycles. The Morgan fingerprint density at radius 3 is 2.38 bits per heavy atom. The zero-order chi connectivity index (χ0) is 17.9. The molecule has 1 fully saturated rings. The molecule has 1 aliphatic heterocycles. The van der Waals surface area contributed by atoms with Crippen LogP contribution in [0.4, 0.5) is 5.69 Å². The Balaban J connectivity index is 2.17. The van der Waals surface area contributed by atoms with Crippen LogP contribution in [0, 0.1) is 16.0 Å². The topological polar surface area (TPSA) is 101 Å². The Morgan fingerprint density at radius 1 is 1.25 bits per heavy atom. The molecule has 1 aromatic rings. The van der Waals surface area contributed by atoms with Crippen LogP contribution in [-0.2, 0) is 14.8 Å². The molecular weight excluding hydrogens is 334 g/mol. The van der Waals surface area contributed by atoms with Crippen LogP contribution < -0.4 is 0 Å². The maximum atomic E-state index is 12.7. The zero-order valence-electron chi connectivity index (χ0n) is 13.7. The van der Waals surface area contributed by atoms with E-state index in [0.717, 1.165) is 6.42 Å². The molecule has 1 saturated heterocycles. The lowest BCUT2D eigenvalue weighted by Crippen LogP contribution is -2.51. The van der Waals surface area contributed by atoms with E-state index in [9.17, 15) is 23.3 Å². The normalized spacial score (nSPS) is 17.5. The number of sulfonamides is 1. The number of nitro groups is 1. The lowest BCUT2D eigenvalue weighted by Gasteiger charge is -2.35. The number of amides is 1. The van der Waals surface area contributed by atoms with Crippen molar-refractivity contribution >= 4 is 21.6 Å². The van der Waals surface area contributed by atoms with Crippen molar-refractivity contribution in [3.63, 3.8) is 0 Å². The third-order valence-corrected chi connectivity index (χ3v) is 6.21. The van der Waals surface area contributed by atoms with Gasteiger partial charge in [0.2, 0.25) is 15.9 Å². The molecule has 1 atom stereocenters. The summed E-state index contributed by atoms with van der Waals surface area (Å²) in [4.78, 5) is 23.9. The van der Waals surface area contributed by atoms with Crippen molar-refractivity contribution in [1.82, 2.24) is 9.21 Å². The molecule has 0 spiro atoms. The van der Waals surface area contributed by atoms with Crippen LogP contribution in [0.2, 0.25) is 0 Å². The predicted molar refractivity (Wildman–Crippen MR) is 87.9 cm³/mol. The van der Waals surface area contributed by atoms with Crippen molar-refractivity contribution in [2.75, 3.05) is 26.2 Å². The van der Waals surface area contributed by atoms with Gasteiger partial charge in [0.25, 0.3) is 5.69 Å². The highest BCUT2D eigenvalue weighted by atomic mass is 32.2. The summed E-state index contributed by atoms with van der Waals surface area (Å²) in [6, 6.07) is 5.31. The van der Waals surface area contributed by atoms with E-state index in [1.165, 1.54) is 28.6 Å². The fraction of sp³-hybridized carbons (Fsp3) is 0.533. The largest absolute Gasteiger partial charge is 0.340 e. The van der Waals surface area contributed by atoms with E-state index < -0.39 is 20.6 Å². The summed E-state index contributed by atoms with van der Waals surface area (Å²) in [5.74, 6) is -0.0800. The first-order valence-electron chi connectivity index (χ1n) is 7.81. The van der Waals surface area contributed by atoms with Crippen LogP contribution in [-0.4, -0.2) is 54.6 Å². The number of benzene rings is 1. The third kappa shape index (κ3) is 3.57. The third-order valence-electron chi connectivity index (χ3n) is 4.26. The van der Waals surface area contributed by atoms with Crippen molar-refractivity contribution in [2.45, 2.75) is 25.2 Å². The Kier molecular flexibility index (Phi) is 5.55. The fourth-order valence-electron chi connectivity index (χ4n) is 2.60. The molecule has 0 N–H and O–H groups in total. The maximum absolute atomic E-state index is 12.7. The first-order chi connectivity index (χ1) is 11.3. The highest BCUT2D eigenvalue weighted by Gasteiger charge is 2.34. The van der Waals surface area contributed by atoms with Crippen molar-refractivity contribution in [2.24, 2.45) is 5.92 Å². The van der Waals surface area contributed by atoms with Crippen molar-refractivity contribution in [3.05, 3.63) is 34.4 Å². The van der Waals surface area contributed by atoms with Gasteiger partial charge in [-0.25, -0.2) is 8.42 Å². The first-order valence-corrected chi connectivity index (χ1v) is 9.25. The Hall–Kier alpha value is -2.00. The molecule has 1 amide bonds. The van der Waals surface area contributed by atoms with Gasteiger partial charge in [-0.1, -0.05) is 26.0 Å². The van der Waals surface area contributed by atoms with Gasteiger partial charge >= 0.3 is 0 Å². The molecule has 132 valence electrons. The summed E-state index contributed by atoms with van der Waals surface area (Å²) in [6.07, 6.45) is 0.730. The van der Waals surface area contributed by atoms with Gasteiger partial charge in [-0.2, -0.15) is 4.31 Å². The number of para-hydroxylation sites is 1. The van der Waals surface area contributed by atoms with E-state index in [2.05, 4.69) is 0 Å². The van der Waals surface area contributed by atoms with E-state index in [1.807, 2.05) is 13.8 Å². The molecule has 1 aliphatic rings. The second-order valence-electron chi connectivity index (χ2n) is 5.76. The average molecular weight is 355 g/mol. The lowest BCUT2D eigenvalue weighted by molar-refractivity contribution is -0.387. The maximum Gasteiger partial charge on any atom is 0.289 e. The summed E-state index contributed by atoms with van der Waals surface area (Å²) in [7, 11) is -3.96. The fourth-order valence-corrected chi connectivity index (χ4v) is 4.18. The molecule has 0 saturated carbocycles. The van der Waals surface area contributed by atoms with Gasteiger partial charge in [0.05, 0.1) is 4.92 Å². The minimum atomic E-state index is -3.96. The first kappa shape index (κ1) is 18.3. The number of hydrogen-bond acceptors (Lipinski definition) is 5. The van der Waals surface area contributed by atoms with Crippen LogP contribution in [0.5, 0.6) is 0 Å². The molecule has 0 aliphatic carbocycles. The molecule has 1 unspecified atom stereocenters. The minimum absolute atomic E-state index is 0.0141. The average Bonchev–Trinajstić information content (AvgIpc) is 2.60. The molecule has 1 aromatic carbocycles. The highest BCUT2D eigenvalue weighted by molar-refractivity contribution is 7.89. The number of hydrogen-bond donors (Lipinski definition) is 0. The van der Waals surface area contributed by atoms with Crippen molar-refractivity contribution < 1.29 is 18.1 Å². The van der Waals surface area contributed by atoms with E-state index in [1.54, 1.807) is 4.90 Å². The Morgan fingerprint density at radius 2 is 1.83 bits per heavy atom. The van der Waals surface area contributed by atoms with Crippen LogP contribution in [0.1, 0.15) is 20.3 Å². The zero-order valence-corrected chi connectivity index (χ0v) is 14.5. The Labute approximate surface area is 141 Å². The van der Waals surface area contributed by atoms with E-state index in [4.69, 9.17) is 0 Å². The van der Waals surface area contributed by atoms with Gasteiger partial charge < -0.3 is 4.90 Å². The van der Waals surface area contributed by atoms with Crippen LogP contribution in [0.15, 0.2) is 29.2 Å². The number of nitrogens with zero attached hydrogens (tertiary/aromatic N) is 3. The quantitative estimate of drug-likeness (QED) is 0.588. The molecule has 0 bridgehead atoms. The lowest BCUT2D eigenvalue weighted by atomic mass is 10.1. The van der Waals surface area contributed by atoms with Crippen LogP contribution in [0.3, 0.4) is 0 Å². The number of nitro benzene ring substituents is 1. The molecule has 0 aromatic heterocycles. The molecule has 24 heavy (non-hydrogen) atoms. The number of piperazine rings is 1. The van der Waals surface area contributed by atoms with Crippen molar-refractivity contribution in [1.29, 1.82) is 0 Å². The summed E-state index contributed by atoms with van der Waals surface area (Å²) < 4.78 is 26.6. The van der Waals surface area contributed by atoms with Crippen LogP contribution in [0.25, 0.3) is 0 Å². The number of rotatable bonds is 5. The van der Waals surface area contributed by atoms with E-state index >= 15 is 0 Å².